The van der Waals surface area contributed by atoms with Gasteiger partial charge in [-0.3, -0.25) is 4.79 Å². The van der Waals surface area contributed by atoms with Gasteiger partial charge in [-0.05, 0) is 43.7 Å². The van der Waals surface area contributed by atoms with E-state index in [-0.39, 0.29) is 5.91 Å². The van der Waals surface area contributed by atoms with Crippen LogP contribution in [-0.4, -0.2) is 54.9 Å². The Morgan fingerprint density at radius 3 is 2.80 bits per heavy atom. The Kier molecular flexibility index (Phi) is 7.20. The zero-order valence-electron chi connectivity index (χ0n) is 15.2. The third kappa shape index (κ3) is 6.01. The van der Waals surface area contributed by atoms with E-state index in [0.29, 0.717) is 17.9 Å². The molecule has 25 heavy (non-hydrogen) atoms. The minimum absolute atomic E-state index is 0.177. The minimum Gasteiger partial charge on any atom is -0.377 e. The second-order valence-electron chi connectivity index (χ2n) is 7.20. The van der Waals surface area contributed by atoms with Crippen molar-refractivity contribution in [1.29, 1.82) is 0 Å². The van der Waals surface area contributed by atoms with Crippen LogP contribution in [0.15, 0.2) is 24.3 Å². The number of nitrogens with zero attached hydrogens (tertiary/aromatic N) is 1. The standard InChI is InChI=1S/C20H30N2O2S/c1-16-5-2-3-6-17(16)14-25-15-20(23)21-18-8-10-22(11-9-18)13-19-7-4-12-24-19/h2-3,5-6,18-19H,4,7-15H2,1H3,(H,21,23)/t19-/m1/s1. The van der Waals surface area contributed by atoms with Crippen LogP contribution in [-0.2, 0) is 15.3 Å². The number of thioether (sulfide) groups is 1. The molecule has 5 heteroatoms. The molecule has 0 saturated carbocycles. The van der Waals surface area contributed by atoms with Crippen molar-refractivity contribution >= 4 is 17.7 Å². The van der Waals surface area contributed by atoms with Crippen molar-refractivity contribution in [3.05, 3.63) is 35.4 Å². The largest absolute Gasteiger partial charge is 0.377 e. The first-order valence-corrected chi connectivity index (χ1v) is 10.6. The number of piperidine rings is 1. The molecule has 2 aliphatic heterocycles. The van der Waals surface area contributed by atoms with E-state index in [2.05, 4.69) is 41.4 Å². The quantitative estimate of drug-likeness (QED) is 0.810. The fourth-order valence-electron chi connectivity index (χ4n) is 3.63. The molecular formula is C20H30N2O2S. The molecule has 2 aliphatic rings. The van der Waals surface area contributed by atoms with Crippen molar-refractivity contribution < 1.29 is 9.53 Å². The second kappa shape index (κ2) is 9.60. The van der Waals surface area contributed by atoms with Crippen molar-refractivity contribution in [1.82, 2.24) is 10.2 Å². The van der Waals surface area contributed by atoms with Crippen LogP contribution >= 0.6 is 11.8 Å². The molecule has 2 fully saturated rings. The van der Waals surface area contributed by atoms with Gasteiger partial charge in [-0.2, -0.15) is 0 Å². The predicted molar refractivity (Wildman–Crippen MR) is 104 cm³/mol. The molecule has 0 aliphatic carbocycles. The lowest BCUT2D eigenvalue weighted by molar-refractivity contribution is -0.119. The number of carbonyl (C=O) groups excluding carboxylic acids is 1. The highest BCUT2D eigenvalue weighted by Crippen LogP contribution is 2.18. The van der Waals surface area contributed by atoms with E-state index in [9.17, 15) is 4.79 Å². The number of nitrogens with one attached hydrogen (secondary N) is 1. The fraction of sp³-hybridized carbons (Fsp3) is 0.650. The maximum atomic E-state index is 12.2. The van der Waals surface area contributed by atoms with Gasteiger partial charge in [-0.25, -0.2) is 0 Å². The Balaban J connectivity index is 1.30. The first-order valence-electron chi connectivity index (χ1n) is 9.46. The van der Waals surface area contributed by atoms with Crippen LogP contribution in [0.25, 0.3) is 0 Å². The highest BCUT2D eigenvalue weighted by molar-refractivity contribution is 7.99. The molecule has 0 unspecified atom stereocenters. The number of aryl methyl sites for hydroxylation is 1. The van der Waals surface area contributed by atoms with Crippen LogP contribution in [0.1, 0.15) is 36.8 Å². The summed E-state index contributed by atoms with van der Waals surface area (Å²) in [5, 5.41) is 3.22. The van der Waals surface area contributed by atoms with Gasteiger partial charge >= 0.3 is 0 Å². The van der Waals surface area contributed by atoms with Gasteiger partial charge in [0.25, 0.3) is 0 Å². The van der Waals surface area contributed by atoms with Crippen LogP contribution in [0.4, 0.5) is 0 Å². The maximum Gasteiger partial charge on any atom is 0.230 e. The number of amides is 1. The molecule has 2 heterocycles. The Hall–Kier alpha value is -1.04. The van der Waals surface area contributed by atoms with E-state index < -0.39 is 0 Å². The van der Waals surface area contributed by atoms with Crippen molar-refractivity contribution in [2.24, 2.45) is 0 Å². The summed E-state index contributed by atoms with van der Waals surface area (Å²) in [6, 6.07) is 8.73. The number of rotatable bonds is 7. The Labute approximate surface area is 155 Å². The van der Waals surface area contributed by atoms with Gasteiger partial charge in [0.2, 0.25) is 5.91 Å². The molecule has 2 saturated heterocycles. The number of ether oxygens (including phenoxy) is 1. The number of hydrogen-bond donors (Lipinski definition) is 1. The topological polar surface area (TPSA) is 41.6 Å². The summed E-state index contributed by atoms with van der Waals surface area (Å²) in [5.74, 6) is 1.63. The lowest BCUT2D eigenvalue weighted by Gasteiger charge is -2.33. The van der Waals surface area contributed by atoms with Gasteiger partial charge in [-0.15, -0.1) is 11.8 Å². The number of carbonyl (C=O) groups is 1. The van der Waals surface area contributed by atoms with E-state index in [4.69, 9.17) is 4.74 Å². The third-order valence-corrected chi connectivity index (χ3v) is 6.17. The molecule has 1 aromatic carbocycles. The van der Waals surface area contributed by atoms with Crippen LogP contribution in [0.3, 0.4) is 0 Å². The number of likely N-dealkylation sites (tertiary alicyclic amines) is 1. The van der Waals surface area contributed by atoms with E-state index in [0.717, 1.165) is 44.8 Å². The Morgan fingerprint density at radius 1 is 1.28 bits per heavy atom. The SMILES string of the molecule is Cc1ccccc1CSCC(=O)NC1CCN(C[C@H]2CCCO2)CC1. The molecule has 0 bridgehead atoms. The van der Waals surface area contributed by atoms with Crippen LogP contribution in [0.5, 0.6) is 0 Å². The van der Waals surface area contributed by atoms with Crippen LogP contribution in [0, 0.1) is 6.92 Å². The molecule has 3 rings (SSSR count). The van der Waals surface area contributed by atoms with E-state index in [1.165, 1.54) is 24.0 Å². The van der Waals surface area contributed by atoms with Gasteiger partial charge in [-0.1, -0.05) is 24.3 Å². The summed E-state index contributed by atoms with van der Waals surface area (Å²) in [5.41, 5.74) is 2.62. The summed E-state index contributed by atoms with van der Waals surface area (Å²) in [6.45, 7) is 6.26. The number of hydrogen-bond acceptors (Lipinski definition) is 4. The van der Waals surface area contributed by atoms with E-state index in [1.807, 2.05) is 0 Å². The first-order chi connectivity index (χ1) is 12.2. The molecule has 1 atom stereocenters. The molecule has 138 valence electrons. The number of benzene rings is 1. The smallest absolute Gasteiger partial charge is 0.230 e. The third-order valence-electron chi connectivity index (χ3n) is 5.19. The Bertz CT molecular complexity index is 552. The van der Waals surface area contributed by atoms with Crippen LogP contribution in [0.2, 0.25) is 0 Å². The summed E-state index contributed by atoms with van der Waals surface area (Å²) in [6.07, 6.45) is 4.96. The average molecular weight is 363 g/mol. The van der Waals surface area contributed by atoms with Gasteiger partial charge < -0.3 is 15.0 Å². The lowest BCUT2D eigenvalue weighted by atomic mass is 10.0. The van der Waals surface area contributed by atoms with Gasteiger partial charge in [0.1, 0.15) is 0 Å². The maximum absolute atomic E-state index is 12.2. The first kappa shape index (κ1) is 18.7. The molecule has 1 amide bonds. The second-order valence-corrected chi connectivity index (χ2v) is 8.18. The zero-order chi connectivity index (χ0) is 17.5. The monoisotopic (exact) mass is 362 g/mol. The molecule has 0 radical (unpaired) electrons. The normalized spacial score (nSPS) is 22.2. The Morgan fingerprint density at radius 2 is 2.08 bits per heavy atom. The van der Waals surface area contributed by atoms with Crippen molar-refractivity contribution in [2.45, 2.75) is 50.5 Å². The van der Waals surface area contributed by atoms with Crippen molar-refractivity contribution in [3.8, 4) is 0 Å². The highest BCUT2D eigenvalue weighted by Gasteiger charge is 2.24. The zero-order valence-corrected chi connectivity index (χ0v) is 16.0. The summed E-state index contributed by atoms with van der Waals surface area (Å²) < 4.78 is 5.72. The summed E-state index contributed by atoms with van der Waals surface area (Å²) in [4.78, 5) is 14.7. The highest BCUT2D eigenvalue weighted by atomic mass is 32.2. The molecule has 1 N–H and O–H groups in total. The summed E-state index contributed by atoms with van der Waals surface area (Å²) >= 11 is 1.70. The van der Waals surface area contributed by atoms with E-state index >= 15 is 0 Å². The average Bonchev–Trinajstić information content (AvgIpc) is 3.11. The van der Waals surface area contributed by atoms with Crippen molar-refractivity contribution in [3.63, 3.8) is 0 Å². The van der Waals surface area contributed by atoms with Crippen molar-refractivity contribution in [2.75, 3.05) is 32.0 Å². The molecule has 4 nitrogen and oxygen atoms in total. The van der Waals surface area contributed by atoms with E-state index in [1.54, 1.807) is 11.8 Å². The van der Waals surface area contributed by atoms with Crippen LogP contribution < -0.4 is 5.32 Å². The summed E-state index contributed by atoms with van der Waals surface area (Å²) in [7, 11) is 0. The van der Waals surface area contributed by atoms with Gasteiger partial charge in [0.15, 0.2) is 0 Å². The molecule has 0 aromatic heterocycles. The molecule has 1 aromatic rings. The molecule has 0 spiro atoms. The fourth-order valence-corrected chi connectivity index (χ4v) is 4.55. The minimum atomic E-state index is 0.177. The van der Waals surface area contributed by atoms with Gasteiger partial charge in [0, 0.05) is 38.0 Å². The van der Waals surface area contributed by atoms with Gasteiger partial charge in [0.05, 0.1) is 11.9 Å². The predicted octanol–water partition coefficient (Wildman–Crippen LogP) is 2.99. The molecular weight excluding hydrogens is 332 g/mol. The lowest BCUT2D eigenvalue weighted by Crippen LogP contribution is -2.46.